The third-order valence-electron chi connectivity index (χ3n) is 6.07. The summed E-state index contributed by atoms with van der Waals surface area (Å²) in [5.41, 5.74) is 5.49. The van der Waals surface area contributed by atoms with Crippen molar-refractivity contribution in [1.82, 2.24) is 10.2 Å². The summed E-state index contributed by atoms with van der Waals surface area (Å²) < 4.78 is 5.04. The molecule has 1 amide bonds. The highest BCUT2D eigenvalue weighted by atomic mass is 32.1. The first kappa shape index (κ1) is 24.2. The quantitative estimate of drug-likeness (QED) is 0.365. The molecule has 0 saturated heterocycles. The van der Waals surface area contributed by atoms with Gasteiger partial charge in [0.1, 0.15) is 0 Å². The normalized spacial score (nSPS) is 15.5. The van der Waals surface area contributed by atoms with Gasteiger partial charge in [0.05, 0.1) is 18.7 Å². The predicted octanol–water partition coefficient (Wildman–Crippen LogP) is 5.30. The van der Waals surface area contributed by atoms with Crippen molar-refractivity contribution in [2.75, 3.05) is 19.0 Å². The number of thiocarbonyl (C=S) groups is 1. The Morgan fingerprint density at radius 3 is 2.20 bits per heavy atom. The van der Waals surface area contributed by atoms with Crippen molar-refractivity contribution in [3.63, 3.8) is 0 Å². The van der Waals surface area contributed by atoms with Crippen LogP contribution in [0, 0.1) is 0 Å². The van der Waals surface area contributed by atoms with Crippen LogP contribution in [-0.2, 0) is 9.53 Å². The maximum Gasteiger partial charge on any atom is 0.337 e. The highest BCUT2D eigenvalue weighted by molar-refractivity contribution is 7.80. The molecule has 0 aromatic heterocycles. The molecule has 1 aliphatic heterocycles. The zero-order chi connectivity index (χ0) is 24.9. The molecule has 1 atom stereocenters. The molecular weight excluding hydrogens is 458 g/mol. The zero-order valence-corrected chi connectivity index (χ0v) is 20.7. The Kier molecular flexibility index (Phi) is 7.27. The molecule has 0 saturated carbocycles. The SMILES string of the molecule is CCN1C(=S)NC(c2ccc(NC(=O)c3ccc(-c4ccccc4)cc3)cc2)C(C(=O)OC)=C1C. The lowest BCUT2D eigenvalue weighted by atomic mass is 9.95. The van der Waals surface area contributed by atoms with Gasteiger partial charge in [-0.2, -0.15) is 0 Å². The molecule has 4 rings (SSSR count). The number of nitrogens with one attached hydrogen (secondary N) is 2. The molecule has 178 valence electrons. The number of rotatable bonds is 6. The number of carbonyl (C=O) groups is 2. The fourth-order valence-corrected chi connectivity index (χ4v) is 4.58. The monoisotopic (exact) mass is 485 g/mol. The molecule has 0 spiro atoms. The summed E-state index contributed by atoms with van der Waals surface area (Å²) in [6.45, 7) is 4.48. The van der Waals surface area contributed by atoms with Gasteiger partial charge in [0.25, 0.3) is 5.91 Å². The van der Waals surface area contributed by atoms with E-state index in [0.717, 1.165) is 22.4 Å². The van der Waals surface area contributed by atoms with Crippen molar-refractivity contribution < 1.29 is 14.3 Å². The van der Waals surface area contributed by atoms with E-state index in [4.69, 9.17) is 17.0 Å². The van der Waals surface area contributed by atoms with E-state index in [9.17, 15) is 9.59 Å². The second-order valence-electron chi connectivity index (χ2n) is 8.14. The summed E-state index contributed by atoms with van der Waals surface area (Å²) in [6, 6.07) is 24.4. The van der Waals surface area contributed by atoms with E-state index >= 15 is 0 Å². The van der Waals surface area contributed by atoms with Crippen molar-refractivity contribution in [2.45, 2.75) is 19.9 Å². The summed E-state index contributed by atoms with van der Waals surface area (Å²) in [5, 5.41) is 6.73. The van der Waals surface area contributed by atoms with Crippen LogP contribution in [0.1, 0.15) is 35.8 Å². The van der Waals surface area contributed by atoms with Crippen LogP contribution in [0.15, 0.2) is 90.1 Å². The fraction of sp³-hybridized carbons (Fsp3) is 0.179. The maximum atomic E-state index is 12.8. The molecule has 6 nitrogen and oxygen atoms in total. The third-order valence-corrected chi connectivity index (χ3v) is 6.41. The summed E-state index contributed by atoms with van der Waals surface area (Å²) >= 11 is 5.50. The minimum Gasteiger partial charge on any atom is -0.466 e. The van der Waals surface area contributed by atoms with E-state index < -0.39 is 12.0 Å². The Morgan fingerprint density at radius 2 is 1.60 bits per heavy atom. The molecule has 7 heteroatoms. The van der Waals surface area contributed by atoms with Gasteiger partial charge >= 0.3 is 5.97 Å². The Labute approximate surface area is 210 Å². The van der Waals surface area contributed by atoms with E-state index in [2.05, 4.69) is 10.6 Å². The standard InChI is InChI=1S/C28H27N3O3S/c1-4-31-18(2)24(27(33)34-3)25(30-28(31)35)21-14-16-23(17-15-21)29-26(32)22-12-10-20(11-13-22)19-8-6-5-7-9-19/h5-17,25H,4H2,1-3H3,(H,29,32)(H,30,35). The Bertz CT molecular complexity index is 1270. The van der Waals surface area contributed by atoms with Gasteiger partial charge in [0, 0.05) is 23.5 Å². The molecule has 0 bridgehead atoms. The largest absolute Gasteiger partial charge is 0.466 e. The molecule has 0 fully saturated rings. The van der Waals surface area contributed by atoms with Crippen LogP contribution in [0.4, 0.5) is 5.69 Å². The molecule has 0 aliphatic carbocycles. The number of methoxy groups -OCH3 is 1. The van der Waals surface area contributed by atoms with E-state index in [0.29, 0.717) is 28.5 Å². The number of nitrogens with zero attached hydrogens (tertiary/aromatic N) is 1. The first-order chi connectivity index (χ1) is 16.9. The number of hydrogen-bond donors (Lipinski definition) is 2. The minimum atomic E-state index is -0.437. The number of hydrogen-bond acceptors (Lipinski definition) is 4. The predicted molar refractivity (Wildman–Crippen MR) is 142 cm³/mol. The fourth-order valence-electron chi connectivity index (χ4n) is 4.19. The number of allylic oxidation sites excluding steroid dienone is 1. The summed E-state index contributed by atoms with van der Waals surface area (Å²) in [5.74, 6) is -0.601. The van der Waals surface area contributed by atoms with Gasteiger partial charge < -0.3 is 20.3 Å². The Balaban J connectivity index is 1.50. The van der Waals surface area contributed by atoms with Crippen LogP contribution in [-0.4, -0.2) is 35.5 Å². The van der Waals surface area contributed by atoms with Gasteiger partial charge in [0.15, 0.2) is 5.11 Å². The van der Waals surface area contributed by atoms with Crippen LogP contribution in [0.3, 0.4) is 0 Å². The van der Waals surface area contributed by atoms with E-state index in [-0.39, 0.29) is 5.91 Å². The van der Waals surface area contributed by atoms with Crippen LogP contribution in [0.25, 0.3) is 11.1 Å². The third kappa shape index (κ3) is 5.10. The summed E-state index contributed by atoms with van der Waals surface area (Å²) in [6.07, 6.45) is 0. The van der Waals surface area contributed by atoms with Crippen molar-refractivity contribution in [3.8, 4) is 11.1 Å². The van der Waals surface area contributed by atoms with E-state index in [1.54, 1.807) is 0 Å². The second kappa shape index (κ2) is 10.5. The molecule has 1 heterocycles. The van der Waals surface area contributed by atoms with Gasteiger partial charge in [-0.3, -0.25) is 4.79 Å². The van der Waals surface area contributed by atoms with Gasteiger partial charge in [-0.25, -0.2) is 4.79 Å². The molecule has 3 aromatic carbocycles. The first-order valence-corrected chi connectivity index (χ1v) is 11.8. The average molecular weight is 486 g/mol. The average Bonchev–Trinajstić information content (AvgIpc) is 2.89. The van der Waals surface area contributed by atoms with E-state index in [1.165, 1.54) is 7.11 Å². The van der Waals surface area contributed by atoms with E-state index in [1.807, 2.05) is 97.6 Å². The van der Waals surface area contributed by atoms with Crippen molar-refractivity contribution in [3.05, 3.63) is 101 Å². The highest BCUT2D eigenvalue weighted by Crippen LogP contribution is 2.32. The lowest BCUT2D eigenvalue weighted by Crippen LogP contribution is -2.47. The van der Waals surface area contributed by atoms with Gasteiger partial charge in [-0.1, -0.05) is 54.6 Å². The number of ether oxygens (including phenoxy) is 1. The zero-order valence-electron chi connectivity index (χ0n) is 19.9. The Morgan fingerprint density at radius 1 is 0.971 bits per heavy atom. The first-order valence-electron chi connectivity index (χ1n) is 11.4. The van der Waals surface area contributed by atoms with Crippen LogP contribution in [0.2, 0.25) is 0 Å². The molecule has 0 radical (unpaired) electrons. The molecule has 1 unspecified atom stereocenters. The second-order valence-corrected chi connectivity index (χ2v) is 8.52. The van der Waals surface area contributed by atoms with Crippen molar-refractivity contribution >= 4 is 34.9 Å². The van der Waals surface area contributed by atoms with Crippen LogP contribution >= 0.6 is 12.2 Å². The topological polar surface area (TPSA) is 70.7 Å². The van der Waals surface area contributed by atoms with Crippen molar-refractivity contribution in [1.29, 1.82) is 0 Å². The molecule has 3 aromatic rings. The van der Waals surface area contributed by atoms with Crippen molar-refractivity contribution in [2.24, 2.45) is 0 Å². The number of carbonyl (C=O) groups excluding carboxylic acids is 2. The van der Waals surface area contributed by atoms with Gasteiger partial charge in [0.2, 0.25) is 0 Å². The lowest BCUT2D eigenvalue weighted by molar-refractivity contribution is -0.136. The number of amides is 1. The highest BCUT2D eigenvalue weighted by Gasteiger charge is 2.33. The summed E-state index contributed by atoms with van der Waals surface area (Å²) in [4.78, 5) is 27.2. The van der Waals surface area contributed by atoms with Crippen LogP contribution < -0.4 is 10.6 Å². The molecular formula is C28H27N3O3S. The Hall–Kier alpha value is -3.97. The summed E-state index contributed by atoms with van der Waals surface area (Å²) in [7, 11) is 1.37. The number of esters is 1. The van der Waals surface area contributed by atoms with Crippen LogP contribution in [0.5, 0.6) is 0 Å². The maximum absolute atomic E-state index is 12.8. The number of anilines is 1. The molecule has 1 aliphatic rings. The van der Waals surface area contributed by atoms with Gasteiger partial charge in [-0.05, 0) is 67.0 Å². The molecule has 35 heavy (non-hydrogen) atoms. The lowest BCUT2D eigenvalue weighted by Gasteiger charge is -2.36. The molecule has 2 N–H and O–H groups in total. The smallest absolute Gasteiger partial charge is 0.337 e. The minimum absolute atomic E-state index is 0.195. The van der Waals surface area contributed by atoms with Gasteiger partial charge in [-0.15, -0.1) is 0 Å². The number of benzene rings is 3.